The lowest BCUT2D eigenvalue weighted by Gasteiger charge is -2.18. The van der Waals surface area contributed by atoms with Crippen molar-refractivity contribution in [2.75, 3.05) is 12.4 Å². The van der Waals surface area contributed by atoms with Gasteiger partial charge in [0.1, 0.15) is 29.2 Å². The minimum absolute atomic E-state index is 0.0920. The Hall–Kier alpha value is -5.33. The first-order chi connectivity index (χ1) is 20.4. The number of nitrogens with zero attached hydrogens (tertiary/aromatic N) is 3. The van der Waals surface area contributed by atoms with Gasteiger partial charge in [0.2, 0.25) is 5.43 Å². The zero-order valence-electron chi connectivity index (χ0n) is 22.5. The summed E-state index contributed by atoms with van der Waals surface area (Å²) in [5.74, 6) is -2.12. The van der Waals surface area contributed by atoms with Gasteiger partial charge < -0.3 is 19.4 Å². The molecule has 0 aliphatic carbocycles. The quantitative estimate of drug-likeness (QED) is 0.211. The van der Waals surface area contributed by atoms with Crippen molar-refractivity contribution in [3.63, 3.8) is 0 Å². The third kappa shape index (κ3) is 6.30. The van der Waals surface area contributed by atoms with Gasteiger partial charge in [-0.3, -0.25) is 14.6 Å². The molecule has 13 heteroatoms. The number of pyridine rings is 3. The second kappa shape index (κ2) is 11.5. The third-order valence-electron chi connectivity index (χ3n) is 6.44. The molecule has 0 spiro atoms. The van der Waals surface area contributed by atoms with E-state index in [1.165, 1.54) is 56.8 Å². The number of anilines is 1. The molecular formula is C30H21F5N4O4. The number of halogens is 5. The lowest BCUT2D eigenvalue weighted by atomic mass is 10.0. The molecule has 8 nitrogen and oxygen atoms in total. The first-order valence-corrected chi connectivity index (χ1v) is 12.6. The number of nitrogens with one attached hydrogen (secondary N) is 1. The molecule has 5 aromatic rings. The number of fused-ring (bicyclic) bond motifs is 1. The van der Waals surface area contributed by atoms with Crippen molar-refractivity contribution in [1.29, 1.82) is 0 Å². The second-order valence-corrected chi connectivity index (χ2v) is 9.34. The molecule has 5 rings (SSSR count). The van der Waals surface area contributed by atoms with Gasteiger partial charge >= 0.3 is 6.18 Å². The van der Waals surface area contributed by atoms with Crippen molar-refractivity contribution in [3.05, 3.63) is 106 Å². The first-order valence-electron chi connectivity index (χ1n) is 12.6. The van der Waals surface area contributed by atoms with Crippen LogP contribution in [0.5, 0.6) is 17.2 Å². The number of hydrogen-bond acceptors (Lipinski definition) is 6. The van der Waals surface area contributed by atoms with Crippen LogP contribution in [0.1, 0.15) is 16.1 Å². The van der Waals surface area contributed by atoms with Crippen LogP contribution in [0, 0.1) is 18.6 Å². The molecule has 0 unspecified atom stereocenters. The van der Waals surface area contributed by atoms with E-state index >= 15 is 4.39 Å². The van der Waals surface area contributed by atoms with E-state index in [1.807, 2.05) is 0 Å². The Labute approximate surface area is 240 Å². The number of hydrogen-bond donors (Lipinski definition) is 1. The number of amides is 1. The molecule has 1 amide bonds. The number of ether oxygens (including phenoxy) is 2. The number of methoxy groups -OCH3 is 1. The number of benzene rings is 2. The van der Waals surface area contributed by atoms with E-state index < -0.39 is 41.3 Å². The van der Waals surface area contributed by atoms with Crippen LogP contribution in [0.4, 0.5) is 27.6 Å². The van der Waals surface area contributed by atoms with Gasteiger partial charge in [0.05, 0.1) is 18.8 Å². The van der Waals surface area contributed by atoms with Crippen LogP contribution in [-0.4, -0.2) is 33.7 Å². The van der Waals surface area contributed by atoms with Crippen LogP contribution in [0.2, 0.25) is 0 Å². The van der Waals surface area contributed by atoms with Crippen LogP contribution < -0.4 is 20.2 Å². The van der Waals surface area contributed by atoms with Gasteiger partial charge in [-0.05, 0) is 36.8 Å². The summed E-state index contributed by atoms with van der Waals surface area (Å²) in [6.07, 6.45) is -0.816. The zero-order valence-corrected chi connectivity index (χ0v) is 22.5. The van der Waals surface area contributed by atoms with E-state index in [2.05, 4.69) is 15.3 Å². The van der Waals surface area contributed by atoms with E-state index in [0.717, 1.165) is 29.0 Å². The molecule has 0 aliphatic heterocycles. The Balaban J connectivity index is 1.46. The average molecular weight is 597 g/mol. The lowest BCUT2D eigenvalue weighted by Crippen LogP contribution is -2.29. The number of carbonyl (C=O) groups excluding carboxylic acids is 1. The van der Waals surface area contributed by atoms with Crippen molar-refractivity contribution in [3.8, 4) is 28.4 Å². The maximum Gasteiger partial charge on any atom is 0.406 e. The Morgan fingerprint density at radius 1 is 1.00 bits per heavy atom. The molecule has 0 bridgehead atoms. The van der Waals surface area contributed by atoms with Crippen LogP contribution in [-0.2, 0) is 6.54 Å². The van der Waals surface area contributed by atoms with Crippen molar-refractivity contribution in [2.45, 2.75) is 19.6 Å². The Bertz CT molecular complexity index is 1910. The average Bonchev–Trinajstić information content (AvgIpc) is 2.95. The van der Waals surface area contributed by atoms with E-state index in [4.69, 9.17) is 9.47 Å². The van der Waals surface area contributed by atoms with Crippen molar-refractivity contribution in [2.24, 2.45) is 0 Å². The molecule has 0 aliphatic rings. The second-order valence-electron chi connectivity index (χ2n) is 9.34. The fourth-order valence-corrected chi connectivity index (χ4v) is 4.37. The van der Waals surface area contributed by atoms with E-state index in [-0.39, 0.29) is 34.0 Å². The van der Waals surface area contributed by atoms with E-state index in [1.54, 1.807) is 6.07 Å². The predicted octanol–water partition coefficient (Wildman–Crippen LogP) is 6.66. The largest absolute Gasteiger partial charge is 0.495 e. The molecule has 1 N–H and O–H groups in total. The summed E-state index contributed by atoms with van der Waals surface area (Å²) in [5.41, 5.74) is -1.18. The summed E-state index contributed by atoms with van der Waals surface area (Å²) in [6, 6.07) is 11.1. The molecule has 220 valence electrons. The smallest absolute Gasteiger partial charge is 0.406 e. The molecule has 0 saturated carbocycles. The summed E-state index contributed by atoms with van der Waals surface area (Å²) in [7, 11) is 1.47. The molecule has 3 aromatic heterocycles. The highest BCUT2D eigenvalue weighted by Gasteiger charge is 2.30. The van der Waals surface area contributed by atoms with Crippen LogP contribution in [0.25, 0.3) is 22.2 Å². The summed E-state index contributed by atoms with van der Waals surface area (Å²) >= 11 is 0. The number of aromatic nitrogens is 3. The Morgan fingerprint density at radius 3 is 2.42 bits per heavy atom. The van der Waals surface area contributed by atoms with Gasteiger partial charge in [0.25, 0.3) is 5.91 Å². The maximum absolute atomic E-state index is 15.1. The SMILES string of the molecule is COc1cnc2c(Oc3ccc(NC(=O)c4c(C)n(CC(F)(F)F)cc(-c5ccc(F)cc5)c4=O)cc3F)ccnc2c1. The number of carbonyl (C=O) groups is 1. The molecule has 0 fully saturated rings. The van der Waals surface area contributed by atoms with Gasteiger partial charge in [-0.25, -0.2) is 13.8 Å². The number of alkyl halides is 3. The van der Waals surface area contributed by atoms with Crippen LogP contribution in [0.15, 0.2) is 78.0 Å². The highest BCUT2D eigenvalue weighted by Crippen LogP contribution is 2.32. The first kappa shape index (κ1) is 29.2. The third-order valence-corrected chi connectivity index (χ3v) is 6.44. The topological polar surface area (TPSA) is 95.3 Å². The van der Waals surface area contributed by atoms with Crippen LogP contribution >= 0.6 is 0 Å². The molecule has 3 heterocycles. The normalized spacial score (nSPS) is 11.4. The lowest BCUT2D eigenvalue weighted by molar-refractivity contribution is -0.141. The summed E-state index contributed by atoms with van der Waals surface area (Å²) in [5, 5.41) is 2.37. The standard InChI is InChI=1S/C30H21F5N4O4/c1-16-26(28(40)21(14-39(16)15-30(33,34)35)17-3-5-18(31)6-4-17)29(41)38-19-7-8-24(22(32)11-19)43-25-9-10-36-23-12-20(42-2)13-37-27(23)25/h3-14H,15H2,1-2H3,(H,38,41). The molecule has 2 aromatic carbocycles. The fraction of sp³-hybridized carbons (Fsp3) is 0.133. The Kier molecular flexibility index (Phi) is 7.81. The van der Waals surface area contributed by atoms with Crippen molar-refractivity contribution >= 4 is 22.6 Å². The maximum atomic E-state index is 15.1. The van der Waals surface area contributed by atoms with Gasteiger partial charge in [-0.1, -0.05) is 12.1 Å². The summed E-state index contributed by atoms with van der Waals surface area (Å²) in [6.45, 7) is -0.295. The highest BCUT2D eigenvalue weighted by atomic mass is 19.4. The summed E-state index contributed by atoms with van der Waals surface area (Å²) < 4.78 is 80.1. The minimum Gasteiger partial charge on any atom is -0.495 e. The fourth-order valence-electron chi connectivity index (χ4n) is 4.37. The van der Waals surface area contributed by atoms with E-state index in [0.29, 0.717) is 16.8 Å². The molecule has 0 atom stereocenters. The van der Waals surface area contributed by atoms with Gasteiger partial charge in [0.15, 0.2) is 17.3 Å². The van der Waals surface area contributed by atoms with Crippen molar-refractivity contribution < 1.29 is 36.2 Å². The van der Waals surface area contributed by atoms with Gasteiger partial charge in [-0.15, -0.1) is 0 Å². The Morgan fingerprint density at radius 2 is 1.74 bits per heavy atom. The van der Waals surface area contributed by atoms with Gasteiger partial charge in [-0.2, -0.15) is 13.2 Å². The summed E-state index contributed by atoms with van der Waals surface area (Å²) in [4.78, 5) is 35.0. The number of rotatable bonds is 7. The molecule has 43 heavy (non-hydrogen) atoms. The highest BCUT2D eigenvalue weighted by molar-refractivity contribution is 6.05. The minimum atomic E-state index is -4.67. The molecular weight excluding hydrogens is 575 g/mol. The van der Waals surface area contributed by atoms with E-state index in [9.17, 15) is 27.2 Å². The van der Waals surface area contributed by atoms with Crippen molar-refractivity contribution in [1.82, 2.24) is 14.5 Å². The molecule has 0 saturated heterocycles. The van der Waals surface area contributed by atoms with Gasteiger partial charge in [0, 0.05) is 47.5 Å². The monoisotopic (exact) mass is 596 g/mol. The van der Waals surface area contributed by atoms with Crippen LogP contribution in [0.3, 0.4) is 0 Å². The molecule has 0 radical (unpaired) electrons. The zero-order chi connectivity index (χ0) is 30.9. The predicted molar refractivity (Wildman–Crippen MR) is 147 cm³/mol.